The van der Waals surface area contributed by atoms with Crippen molar-refractivity contribution in [2.75, 3.05) is 37.4 Å². The minimum atomic E-state index is -0.525. The quantitative estimate of drug-likeness (QED) is 0.429. The Labute approximate surface area is 222 Å². The van der Waals surface area contributed by atoms with Crippen LogP contribution in [0.5, 0.6) is 5.75 Å². The van der Waals surface area contributed by atoms with E-state index in [0.717, 1.165) is 0 Å². The number of nitrogens with zero attached hydrogens (tertiary/aromatic N) is 3. The summed E-state index contributed by atoms with van der Waals surface area (Å²) in [7, 11) is 1.69. The van der Waals surface area contributed by atoms with Crippen molar-refractivity contribution in [2.45, 2.75) is 59.7 Å². The number of amides is 5. The number of aryl methyl sites for hydroxylation is 2. The van der Waals surface area contributed by atoms with Gasteiger partial charge in [0.15, 0.2) is 5.76 Å². The van der Waals surface area contributed by atoms with E-state index in [1.165, 1.54) is 0 Å². The zero-order valence-electron chi connectivity index (χ0n) is 23.0. The Morgan fingerprint density at radius 3 is 2.55 bits per heavy atom. The Morgan fingerprint density at radius 2 is 1.95 bits per heavy atom. The maximum Gasteiger partial charge on any atom is 0.323 e. The molecular weight excluding hydrogens is 492 g/mol. The van der Waals surface area contributed by atoms with Crippen LogP contribution in [0.2, 0.25) is 0 Å². The van der Waals surface area contributed by atoms with Gasteiger partial charge in [0.2, 0.25) is 0 Å². The summed E-state index contributed by atoms with van der Waals surface area (Å²) in [5, 5.41) is 22.0. The summed E-state index contributed by atoms with van der Waals surface area (Å²) >= 11 is 0. The summed E-state index contributed by atoms with van der Waals surface area (Å²) in [6, 6.07) is 3.60. The molecular formula is C26H38N6O6. The molecule has 0 saturated heterocycles. The summed E-state index contributed by atoms with van der Waals surface area (Å²) in [5.74, 6) is 0.331. The Bertz CT molecular complexity index is 1150. The van der Waals surface area contributed by atoms with E-state index in [2.05, 4.69) is 21.1 Å². The van der Waals surface area contributed by atoms with Gasteiger partial charge in [0.05, 0.1) is 24.8 Å². The lowest BCUT2D eigenvalue weighted by molar-refractivity contribution is 0.0366. The van der Waals surface area contributed by atoms with Crippen LogP contribution in [0.3, 0.4) is 0 Å². The third-order valence-electron chi connectivity index (χ3n) is 6.41. The number of hydrogen-bond donors (Lipinski definition) is 4. The molecule has 1 aromatic heterocycles. The molecule has 1 aliphatic heterocycles. The zero-order valence-corrected chi connectivity index (χ0v) is 23.0. The van der Waals surface area contributed by atoms with Gasteiger partial charge in [0, 0.05) is 31.2 Å². The molecule has 12 nitrogen and oxygen atoms in total. The van der Waals surface area contributed by atoms with Crippen LogP contribution in [0.4, 0.5) is 21.0 Å². The lowest BCUT2D eigenvalue weighted by Crippen LogP contribution is -2.51. The maximum atomic E-state index is 13.6. The van der Waals surface area contributed by atoms with Crippen LogP contribution in [0, 0.1) is 19.8 Å². The molecule has 0 bridgehead atoms. The normalized spacial score (nSPS) is 18.1. The summed E-state index contributed by atoms with van der Waals surface area (Å²) < 4.78 is 11.4. The van der Waals surface area contributed by atoms with Crippen molar-refractivity contribution in [1.29, 1.82) is 0 Å². The maximum absolute atomic E-state index is 13.6. The summed E-state index contributed by atoms with van der Waals surface area (Å²) in [4.78, 5) is 41.9. The predicted octanol–water partition coefficient (Wildman–Crippen LogP) is 3.21. The Hall–Kier alpha value is -3.80. The highest BCUT2D eigenvalue weighted by atomic mass is 16.5. The molecule has 0 aliphatic carbocycles. The number of ether oxygens (including phenoxy) is 1. The predicted molar refractivity (Wildman–Crippen MR) is 143 cm³/mol. The van der Waals surface area contributed by atoms with E-state index in [-0.39, 0.29) is 42.6 Å². The van der Waals surface area contributed by atoms with Gasteiger partial charge in [0.25, 0.3) is 5.91 Å². The molecule has 1 aliphatic rings. The topological polar surface area (TPSA) is 149 Å². The fourth-order valence-corrected chi connectivity index (χ4v) is 4.17. The molecule has 38 heavy (non-hydrogen) atoms. The highest BCUT2D eigenvalue weighted by molar-refractivity contribution is 6.03. The van der Waals surface area contributed by atoms with E-state index >= 15 is 0 Å². The van der Waals surface area contributed by atoms with Gasteiger partial charge in [-0.1, -0.05) is 12.1 Å². The number of urea groups is 2. The van der Waals surface area contributed by atoms with Gasteiger partial charge >= 0.3 is 12.1 Å². The standard InChI is InChI=1S/C26H38N6O6/c1-14(2)27-26(36)31(7)12-22-15(3)11-32(16(4)13-33)24(34)20-10-19(8-9-21(20)37-22)28-25(35)29-23-17(5)30-38-18(23)6/h8-10,14-16,22,33H,11-13H2,1-7H3,(H,27,36)(H2,28,29,35)/t15-,16-,22-/m0/s1. The van der Waals surface area contributed by atoms with Crippen molar-refractivity contribution in [3.63, 3.8) is 0 Å². The van der Waals surface area contributed by atoms with E-state index in [0.29, 0.717) is 35.1 Å². The van der Waals surface area contributed by atoms with Gasteiger partial charge in [-0.3, -0.25) is 4.79 Å². The molecule has 3 rings (SSSR count). The van der Waals surface area contributed by atoms with Gasteiger partial charge in [-0.05, 0) is 52.8 Å². The van der Waals surface area contributed by atoms with Gasteiger partial charge in [-0.2, -0.15) is 0 Å². The van der Waals surface area contributed by atoms with Crippen LogP contribution >= 0.6 is 0 Å². The van der Waals surface area contributed by atoms with E-state index < -0.39 is 18.2 Å². The second-order valence-electron chi connectivity index (χ2n) is 10.1. The van der Waals surface area contributed by atoms with Crippen LogP contribution in [-0.4, -0.2) is 83.0 Å². The first-order chi connectivity index (χ1) is 17.9. The lowest BCUT2D eigenvalue weighted by atomic mass is 9.99. The monoisotopic (exact) mass is 530 g/mol. The number of anilines is 2. The summed E-state index contributed by atoms with van der Waals surface area (Å²) in [5.41, 5.74) is 1.63. The van der Waals surface area contributed by atoms with Crippen molar-refractivity contribution in [3.05, 3.63) is 35.2 Å². The Balaban J connectivity index is 1.88. The Kier molecular flexibility index (Phi) is 9.21. The Morgan fingerprint density at radius 1 is 1.24 bits per heavy atom. The largest absolute Gasteiger partial charge is 0.487 e. The van der Waals surface area contributed by atoms with Crippen LogP contribution in [0.25, 0.3) is 0 Å². The lowest BCUT2D eigenvalue weighted by Gasteiger charge is -2.38. The molecule has 208 valence electrons. The van der Waals surface area contributed by atoms with Crippen LogP contribution in [0.1, 0.15) is 49.5 Å². The summed E-state index contributed by atoms with van der Waals surface area (Å²) in [6.07, 6.45) is -0.431. The number of fused-ring (bicyclic) bond motifs is 1. The molecule has 5 amide bonds. The number of aromatic nitrogens is 1. The van der Waals surface area contributed by atoms with Crippen molar-refractivity contribution >= 4 is 29.3 Å². The van der Waals surface area contributed by atoms with E-state index in [9.17, 15) is 19.5 Å². The van der Waals surface area contributed by atoms with Crippen molar-refractivity contribution in [1.82, 2.24) is 20.3 Å². The van der Waals surface area contributed by atoms with Gasteiger partial charge in [0.1, 0.15) is 23.2 Å². The number of aliphatic hydroxyl groups excluding tert-OH is 1. The van der Waals surface area contributed by atoms with Crippen LogP contribution in [0.15, 0.2) is 22.7 Å². The molecule has 2 heterocycles. The third kappa shape index (κ3) is 6.74. The minimum absolute atomic E-state index is 0.0133. The number of likely N-dealkylation sites (N-methyl/N-ethyl adjacent to an activating group) is 1. The molecule has 0 radical (unpaired) electrons. The molecule has 1 aromatic carbocycles. The minimum Gasteiger partial charge on any atom is -0.487 e. The van der Waals surface area contributed by atoms with Gasteiger partial charge < -0.3 is 40.1 Å². The smallest absolute Gasteiger partial charge is 0.323 e. The number of hydrogen-bond acceptors (Lipinski definition) is 7. The highest BCUT2D eigenvalue weighted by Crippen LogP contribution is 2.31. The van der Waals surface area contributed by atoms with E-state index in [1.54, 1.807) is 55.8 Å². The van der Waals surface area contributed by atoms with E-state index in [1.807, 2.05) is 20.8 Å². The first kappa shape index (κ1) is 28.8. The highest BCUT2D eigenvalue weighted by Gasteiger charge is 2.34. The fourth-order valence-electron chi connectivity index (χ4n) is 4.17. The molecule has 0 saturated carbocycles. The number of aliphatic hydroxyl groups is 1. The average Bonchev–Trinajstić information content (AvgIpc) is 3.17. The molecule has 12 heteroatoms. The van der Waals surface area contributed by atoms with Crippen molar-refractivity contribution in [2.24, 2.45) is 5.92 Å². The fraction of sp³-hybridized carbons (Fsp3) is 0.538. The number of carbonyl (C=O) groups is 3. The average molecular weight is 531 g/mol. The molecule has 3 atom stereocenters. The van der Waals surface area contributed by atoms with Crippen LogP contribution in [-0.2, 0) is 0 Å². The van der Waals surface area contributed by atoms with Crippen molar-refractivity contribution in [3.8, 4) is 5.75 Å². The van der Waals surface area contributed by atoms with Gasteiger partial charge in [-0.15, -0.1) is 0 Å². The summed E-state index contributed by atoms with van der Waals surface area (Å²) in [6.45, 7) is 11.3. The van der Waals surface area contributed by atoms with Gasteiger partial charge in [-0.25, -0.2) is 9.59 Å². The number of nitrogens with one attached hydrogen (secondary N) is 3. The van der Waals surface area contributed by atoms with E-state index in [4.69, 9.17) is 9.26 Å². The first-order valence-corrected chi connectivity index (χ1v) is 12.7. The SMILES string of the molecule is Cc1noc(C)c1NC(=O)Nc1ccc2c(c1)C(=O)N([C@@H](C)CO)C[C@H](C)[C@H](CN(C)C(=O)NC(C)C)O2. The molecule has 2 aromatic rings. The first-order valence-electron chi connectivity index (χ1n) is 12.7. The van der Waals surface area contributed by atoms with Crippen LogP contribution < -0.4 is 20.7 Å². The zero-order chi connectivity index (χ0) is 28.1. The second kappa shape index (κ2) is 12.2. The second-order valence-corrected chi connectivity index (χ2v) is 10.1. The number of rotatable bonds is 7. The molecule has 0 unspecified atom stereocenters. The number of benzene rings is 1. The molecule has 0 fully saturated rings. The number of carbonyl (C=O) groups excluding carboxylic acids is 3. The molecule has 0 spiro atoms. The van der Waals surface area contributed by atoms with Crippen molar-refractivity contribution < 1.29 is 28.8 Å². The molecule has 4 N–H and O–H groups in total. The third-order valence-corrected chi connectivity index (χ3v) is 6.41.